The third-order valence-electron chi connectivity index (χ3n) is 3.74. The lowest BCUT2D eigenvalue weighted by Gasteiger charge is -2.19. The van der Waals surface area contributed by atoms with E-state index in [2.05, 4.69) is 10.4 Å². The van der Waals surface area contributed by atoms with Crippen molar-refractivity contribution in [2.75, 3.05) is 0 Å². The summed E-state index contributed by atoms with van der Waals surface area (Å²) in [5.74, 6) is -0.433. The van der Waals surface area contributed by atoms with E-state index in [1.54, 1.807) is 24.3 Å². The number of nitrogens with zero attached hydrogens (tertiary/aromatic N) is 4. The van der Waals surface area contributed by atoms with Gasteiger partial charge in [0.15, 0.2) is 0 Å². The number of aromatic nitrogens is 4. The molecule has 2 aromatic rings. The van der Waals surface area contributed by atoms with Gasteiger partial charge >= 0.3 is 5.69 Å². The summed E-state index contributed by atoms with van der Waals surface area (Å²) >= 11 is 0. The van der Waals surface area contributed by atoms with Crippen LogP contribution in [-0.2, 0) is 0 Å². The predicted molar refractivity (Wildman–Crippen MR) is 72.6 cm³/mol. The van der Waals surface area contributed by atoms with Gasteiger partial charge < -0.3 is 0 Å². The molecule has 1 heterocycles. The number of tetrazole rings is 1. The molecule has 1 aromatic heterocycles. The summed E-state index contributed by atoms with van der Waals surface area (Å²) in [6.07, 6.45) is 5.24. The van der Waals surface area contributed by atoms with Gasteiger partial charge in [0, 0.05) is 5.56 Å². The van der Waals surface area contributed by atoms with Gasteiger partial charge in [0.25, 0.3) is 5.91 Å². The van der Waals surface area contributed by atoms with E-state index >= 15 is 0 Å². The number of hydrogen-bond acceptors (Lipinski definition) is 4. The minimum absolute atomic E-state index is 0.0774. The molecule has 0 radical (unpaired) electrons. The van der Waals surface area contributed by atoms with E-state index in [-0.39, 0.29) is 6.04 Å². The minimum Gasteiger partial charge on any atom is -0.266 e. The molecule has 1 aliphatic carbocycles. The molecule has 1 aliphatic rings. The fraction of sp³-hybridized carbons (Fsp3) is 0.429. The molecule has 1 saturated carbocycles. The Morgan fingerprint density at radius 3 is 2.45 bits per heavy atom. The van der Waals surface area contributed by atoms with E-state index in [1.807, 2.05) is 6.07 Å². The molecular formula is C14H16N4O2. The summed E-state index contributed by atoms with van der Waals surface area (Å²) in [5.41, 5.74) is -0.00366. The number of hydrogen-bond donors (Lipinski definition) is 0. The summed E-state index contributed by atoms with van der Waals surface area (Å²) in [4.78, 5) is 24.5. The maximum atomic E-state index is 12.3. The van der Waals surface area contributed by atoms with E-state index in [0.29, 0.717) is 5.56 Å². The van der Waals surface area contributed by atoms with Crippen molar-refractivity contribution >= 4 is 5.91 Å². The SMILES string of the molecule is O=C(c1ccccc1)n1nnn(C2CCCCC2)c1=O. The van der Waals surface area contributed by atoms with Crippen LogP contribution in [0.5, 0.6) is 0 Å². The largest absolute Gasteiger partial charge is 0.371 e. The topological polar surface area (TPSA) is 69.8 Å². The molecule has 0 N–H and O–H groups in total. The first-order valence-corrected chi connectivity index (χ1v) is 6.91. The average Bonchev–Trinajstić information content (AvgIpc) is 2.90. The zero-order valence-corrected chi connectivity index (χ0v) is 11.1. The lowest BCUT2D eigenvalue weighted by molar-refractivity contribution is 0.0938. The Morgan fingerprint density at radius 1 is 1.05 bits per heavy atom. The Labute approximate surface area is 116 Å². The van der Waals surface area contributed by atoms with Gasteiger partial charge in [-0.15, -0.1) is 4.68 Å². The van der Waals surface area contributed by atoms with E-state index in [4.69, 9.17) is 0 Å². The molecule has 6 nitrogen and oxygen atoms in total. The normalized spacial score (nSPS) is 16.2. The first-order chi connectivity index (χ1) is 9.77. The minimum atomic E-state index is -0.439. The van der Waals surface area contributed by atoms with Crippen LogP contribution >= 0.6 is 0 Å². The summed E-state index contributed by atoms with van der Waals surface area (Å²) in [7, 11) is 0. The van der Waals surface area contributed by atoms with Crippen molar-refractivity contribution in [3.8, 4) is 0 Å². The molecule has 1 aromatic carbocycles. The van der Waals surface area contributed by atoms with Crippen molar-refractivity contribution < 1.29 is 4.79 Å². The maximum Gasteiger partial charge on any atom is 0.371 e. The van der Waals surface area contributed by atoms with E-state index < -0.39 is 11.6 Å². The van der Waals surface area contributed by atoms with Crippen LogP contribution in [0.4, 0.5) is 0 Å². The molecule has 20 heavy (non-hydrogen) atoms. The van der Waals surface area contributed by atoms with E-state index in [0.717, 1.165) is 30.4 Å². The third kappa shape index (κ3) is 2.29. The van der Waals surface area contributed by atoms with Gasteiger partial charge in [-0.2, -0.15) is 4.68 Å². The van der Waals surface area contributed by atoms with Gasteiger partial charge in [0.05, 0.1) is 6.04 Å². The molecule has 0 aliphatic heterocycles. The van der Waals surface area contributed by atoms with Crippen LogP contribution in [0.1, 0.15) is 48.5 Å². The van der Waals surface area contributed by atoms with Crippen LogP contribution in [0, 0.1) is 0 Å². The lowest BCUT2D eigenvalue weighted by Crippen LogP contribution is -2.33. The fourth-order valence-corrected chi connectivity index (χ4v) is 2.64. The lowest BCUT2D eigenvalue weighted by atomic mass is 9.96. The van der Waals surface area contributed by atoms with Crippen molar-refractivity contribution in [1.82, 2.24) is 19.8 Å². The Bertz CT molecular complexity index is 653. The third-order valence-corrected chi connectivity index (χ3v) is 3.74. The van der Waals surface area contributed by atoms with Crippen LogP contribution in [0.2, 0.25) is 0 Å². The molecule has 0 atom stereocenters. The second-order valence-corrected chi connectivity index (χ2v) is 5.08. The highest BCUT2D eigenvalue weighted by Gasteiger charge is 2.22. The first kappa shape index (κ1) is 12.8. The molecule has 104 valence electrons. The fourth-order valence-electron chi connectivity index (χ4n) is 2.64. The monoisotopic (exact) mass is 272 g/mol. The number of rotatable bonds is 2. The Hall–Kier alpha value is -2.24. The molecular weight excluding hydrogens is 256 g/mol. The van der Waals surface area contributed by atoms with Crippen molar-refractivity contribution in [2.45, 2.75) is 38.1 Å². The number of carbonyl (C=O) groups excluding carboxylic acids is 1. The molecule has 0 spiro atoms. The highest BCUT2D eigenvalue weighted by Crippen LogP contribution is 2.25. The highest BCUT2D eigenvalue weighted by atomic mass is 16.2. The summed E-state index contributed by atoms with van der Waals surface area (Å²) in [6.45, 7) is 0. The van der Waals surface area contributed by atoms with Crippen molar-refractivity contribution in [3.05, 3.63) is 46.4 Å². The van der Waals surface area contributed by atoms with Crippen LogP contribution in [0.25, 0.3) is 0 Å². The van der Waals surface area contributed by atoms with Crippen molar-refractivity contribution in [1.29, 1.82) is 0 Å². The highest BCUT2D eigenvalue weighted by molar-refractivity contribution is 5.94. The second kappa shape index (κ2) is 5.40. The van der Waals surface area contributed by atoms with E-state index in [9.17, 15) is 9.59 Å². The van der Waals surface area contributed by atoms with Gasteiger partial charge in [-0.25, -0.2) is 4.79 Å². The molecule has 0 amide bonds. The molecule has 6 heteroatoms. The summed E-state index contributed by atoms with van der Waals surface area (Å²) in [5, 5.41) is 7.62. The van der Waals surface area contributed by atoms with Gasteiger partial charge in [-0.05, 0) is 35.4 Å². The van der Waals surface area contributed by atoms with Crippen LogP contribution in [0.15, 0.2) is 35.1 Å². The number of benzene rings is 1. The van der Waals surface area contributed by atoms with Crippen molar-refractivity contribution in [2.24, 2.45) is 0 Å². The van der Waals surface area contributed by atoms with Crippen LogP contribution in [-0.4, -0.2) is 25.7 Å². The van der Waals surface area contributed by atoms with E-state index in [1.165, 1.54) is 11.1 Å². The number of carbonyl (C=O) groups is 1. The first-order valence-electron chi connectivity index (χ1n) is 6.91. The summed E-state index contributed by atoms with van der Waals surface area (Å²) in [6, 6.07) is 8.73. The maximum absolute atomic E-state index is 12.3. The molecule has 3 rings (SSSR count). The van der Waals surface area contributed by atoms with Gasteiger partial charge in [-0.3, -0.25) is 4.79 Å². The Balaban J connectivity index is 1.90. The zero-order chi connectivity index (χ0) is 13.9. The van der Waals surface area contributed by atoms with Crippen LogP contribution in [0.3, 0.4) is 0 Å². The smallest absolute Gasteiger partial charge is 0.266 e. The van der Waals surface area contributed by atoms with Crippen molar-refractivity contribution in [3.63, 3.8) is 0 Å². The Kier molecular flexibility index (Phi) is 3.45. The zero-order valence-electron chi connectivity index (χ0n) is 11.1. The second-order valence-electron chi connectivity index (χ2n) is 5.08. The Morgan fingerprint density at radius 2 is 1.75 bits per heavy atom. The average molecular weight is 272 g/mol. The van der Waals surface area contributed by atoms with Gasteiger partial charge in [-0.1, -0.05) is 37.5 Å². The molecule has 1 fully saturated rings. The molecule has 0 bridgehead atoms. The summed E-state index contributed by atoms with van der Waals surface area (Å²) < 4.78 is 2.21. The predicted octanol–water partition coefficient (Wildman–Crippen LogP) is 1.63. The molecule has 0 saturated heterocycles. The van der Waals surface area contributed by atoms with Gasteiger partial charge in [0.1, 0.15) is 0 Å². The molecule has 0 unspecified atom stereocenters. The quantitative estimate of drug-likeness (QED) is 0.779. The standard InChI is InChI=1S/C14H16N4O2/c19-13(11-7-3-1-4-8-11)18-14(20)17(15-16-18)12-9-5-2-6-10-12/h1,3-4,7-8,12H,2,5-6,9-10H2. The van der Waals surface area contributed by atoms with Gasteiger partial charge in [0.2, 0.25) is 0 Å². The van der Waals surface area contributed by atoms with Crippen LogP contribution < -0.4 is 5.69 Å².